The second-order valence-electron chi connectivity index (χ2n) is 27.3. The smallest absolute Gasteiger partial charge is 0.160 e. The van der Waals surface area contributed by atoms with Crippen molar-refractivity contribution in [2.24, 2.45) is 0 Å². The summed E-state index contributed by atoms with van der Waals surface area (Å²) in [6.07, 6.45) is 0. The number of fused-ring (bicyclic) bond motifs is 21. The molecule has 436 valence electrons. The van der Waals surface area contributed by atoms with Crippen LogP contribution < -0.4 is 19.6 Å². The predicted molar refractivity (Wildman–Crippen MR) is 384 cm³/mol. The predicted octanol–water partition coefficient (Wildman–Crippen LogP) is 24.0. The van der Waals surface area contributed by atoms with Crippen LogP contribution in [0.1, 0.15) is 74.9 Å². The molecule has 2 aliphatic heterocycles. The topological polar surface area (TPSA) is 26.1 Å². The van der Waals surface area contributed by atoms with E-state index in [1.807, 2.05) is 0 Å². The molecular weight excluding hydrogens is 1100 g/mol. The van der Waals surface area contributed by atoms with Gasteiger partial charge in [-0.2, -0.15) is 0 Å². The Morgan fingerprint density at radius 2 is 0.835 bits per heavy atom. The van der Waals surface area contributed by atoms with Crippen LogP contribution >= 0.6 is 0 Å². The zero-order valence-corrected chi connectivity index (χ0v) is 52.2. The van der Waals surface area contributed by atoms with Crippen LogP contribution in [0.2, 0.25) is 0 Å². The molecule has 5 nitrogen and oxygen atoms in total. The highest BCUT2D eigenvalue weighted by Gasteiger charge is 2.55. The highest BCUT2D eigenvalue weighted by atomic mass is 16.3. The van der Waals surface area contributed by atoms with E-state index in [0.29, 0.717) is 0 Å². The third-order valence-corrected chi connectivity index (χ3v) is 20.2. The summed E-state index contributed by atoms with van der Waals surface area (Å²) in [5, 5.41) is 11.7. The molecular formula is C86H66N4O. The van der Waals surface area contributed by atoms with E-state index in [2.05, 4.69) is 341 Å². The van der Waals surface area contributed by atoms with Crippen LogP contribution in [0, 0.1) is 0 Å². The largest absolute Gasteiger partial charge is 0.454 e. The standard InChI is InChI=1S/C86H66N4O/c1-84(2,3)55-39-43-57(44-40-55)88(76-49-53-23-8-10-25-60(53)62-27-12-14-29-64(62)76)59-47-48-66-70(51-59)86(68-32-17-18-34-72(68)90-74-36-20-19-35-73(74)87(7)75-37-22-33-69(86)82(75)90)71-52-78(83-81(80(66)71)67-31-16-21-38-79(67)91-83)89(58-45-41-56(42-46-58)85(4,5)6)77-50-54-24-9-11-26-61(54)63-28-13-15-30-65(63)77/h8-52H,1-7H3. The van der Waals surface area contributed by atoms with E-state index < -0.39 is 5.41 Å². The molecule has 0 amide bonds. The van der Waals surface area contributed by atoms with Crippen LogP contribution in [0.15, 0.2) is 277 Å². The summed E-state index contributed by atoms with van der Waals surface area (Å²) in [5.41, 5.74) is 22.6. The zero-order valence-electron chi connectivity index (χ0n) is 52.2. The highest BCUT2D eigenvalue weighted by Crippen LogP contribution is 2.69. The van der Waals surface area contributed by atoms with Gasteiger partial charge in [0.15, 0.2) is 5.58 Å². The molecule has 1 aliphatic carbocycles. The molecule has 0 fully saturated rings. The van der Waals surface area contributed by atoms with Crippen molar-refractivity contribution in [1.29, 1.82) is 0 Å². The lowest BCUT2D eigenvalue weighted by Gasteiger charge is -2.49. The molecule has 14 aromatic carbocycles. The van der Waals surface area contributed by atoms with E-state index in [9.17, 15) is 0 Å². The third kappa shape index (κ3) is 7.58. The minimum absolute atomic E-state index is 0.0370. The number of anilines is 11. The maximum Gasteiger partial charge on any atom is 0.160 e. The Kier molecular flexibility index (Phi) is 11.3. The maximum atomic E-state index is 7.58. The van der Waals surface area contributed by atoms with Gasteiger partial charge in [0.25, 0.3) is 0 Å². The molecule has 0 saturated carbocycles. The first-order valence-corrected chi connectivity index (χ1v) is 32.0. The normalized spacial score (nSPS) is 14.8. The number of hydrogen-bond acceptors (Lipinski definition) is 5. The lowest BCUT2D eigenvalue weighted by atomic mass is 9.64. The van der Waals surface area contributed by atoms with Gasteiger partial charge in [-0.25, -0.2) is 0 Å². The molecule has 91 heavy (non-hydrogen) atoms. The van der Waals surface area contributed by atoms with E-state index in [1.54, 1.807) is 0 Å². The Labute approximate surface area is 530 Å². The first-order chi connectivity index (χ1) is 44.3. The van der Waals surface area contributed by atoms with Crippen molar-refractivity contribution >= 4 is 128 Å². The van der Waals surface area contributed by atoms with Gasteiger partial charge in [0.05, 0.1) is 50.9 Å². The summed E-state index contributed by atoms with van der Waals surface area (Å²) >= 11 is 0. The molecule has 0 bridgehead atoms. The van der Waals surface area contributed by atoms with Gasteiger partial charge in [0.2, 0.25) is 0 Å². The lowest BCUT2D eigenvalue weighted by molar-refractivity contribution is 0.590. The van der Waals surface area contributed by atoms with Crippen molar-refractivity contribution in [2.45, 2.75) is 57.8 Å². The molecule has 1 unspecified atom stereocenters. The van der Waals surface area contributed by atoms with Crippen LogP contribution in [-0.4, -0.2) is 7.05 Å². The fourth-order valence-electron chi connectivity index (χ4n) is 16.0. The maximum absolute atomic E-state index is 7.58. The van der Waals surface area contributed by atoms with Crippen LogP contribution in [-0.2, 0) is 16.2 Å². The Balaban J connectivity index is 1.01. The highest BCUT2D eigenvalue weighted by molar-refractivity contribution is 6.23. The number of para-hydroxylation sites is 5. The van der Waals surface area contributed by atoms with E-state index in [0.717, 1.165) is 84.2 Å². The molecule has 18 rings (SSSR count). The van der Waals surface area contributed by atoms with Gasteiger partial charge in [-0.15, -0.1) is 0 Å². The molecule has 1 spiro atoms. The lowest BCUT2D eigenvalue weighted by Crippen LogP contribution is -2.38. The van der Waals surface area contributed by atoms with Crippen molar-refractivity contribution in [1.82, 2.24) is 0 Å². The second kappa shape index (κ2) is 19.3. The third-order valence-electron chi connectivity index (χ3n) is 20.2. The first kappa shape index (κ1) is 53.2. The van der Waals surface area contributed by atoms with E-state index in [-0.39, 0.29) is 10.8 Å². The van der Waals surface area contributed by atoms with Crippen LogP contribution in [0.3, 0.4) is 0 Å². The van der Waals surface area contributed by atoms with Gasteiger partial charge in [-0.05, 0) is 173 Å². The summed E-state index contributed by atoms with van der Waals surface area (Å²) in [7, 11) is 2.24. The summed E-state index contributed by atoms with van der Waals surface area (Å²) in [6.45, 7) is 13.8. The van der Waals surface area contributed by atoms with Crippen molar-refractivity contribution in [3.05, 3.63) is 306 Å². The fraction of sp³-hybridized carbons (Fsp3) is 0.116. The molecule has 3 heterocycles. The molecule has 0 radical (unpaired) electrons. The molecule has 5 heteroatoms. The van der Waals surface area contributed by atoms with Gasteiger partial charge in [-0.1, -0.05) is 230 Å². The van der Waals surface area contributed by atoms with E-state index in [1.165, 1.54) is 87.9 Å². The summed E-state index contributed by atoms with van der Waals surface area (Å²) < 4.78 is 7.58. The minimum Gasteiger partial charge on any atom is -0.454 e. The SMILES string of the molecule is CN1c2ccccc2N2c3ccccc3C3(c4cc(N(c5ccc(C(C)(C)C)cc5)c5cc6ccccc6c6ccccc56)ccc4-c4c3cc(N(c3ccc(C(C)(C)C)cc3)c3cc5ccccc5c5ccccc35)c3oc5ccccc5c43)c3cccc1c32. The Bertz CT molecular complexity index is 5550. The van der Waals surface area contributed by atoms with Crippen molar-refractivity contribution in [2.75, 3.05) is 26.6 Å². The Morgan fingerprint density at radius 1 is 0.352 bits per heavy atom. The number of rotatable bonds is 6. The molecule has 3 aliphatic rings. The van der Waals surface area contributed by atoms with Gasteiger partial charge in [0.1, 0.15) is 5.58 Å². The first-order valence-electron chi connectivity index (χ1n) is 32.0. The number of hydrogen-bond donors (Lipinski definition) is 0. The quantitative estimate of drug-likeness (QED) is 0.155. The minimum atomic E-state index is -0.909. The fourth-order valence-corrected chi connectivity index (χ4v) is 16.0. The molecule has 0 N–H and O–H groups in total. The average molecular weight is 1170 g/mol. The van der Waals surface area contributed by atoms with Crippen LogP contribution in [0.4, 0.5) is 62.6 Å². The Morgan fingerprint density at radius 3 is 1.46 bits per heavy atom. The van der Waals surface area contributed by atoms with Gasteiger partial charge >= 0.3 is 0 Å². The van der Waals surface area contributed by atoms with Gasteiger partial charge < -0.3 is 24.0 Å². The van der Waals surface area contributed by atoms with Crippen molar-refractivity contribution < 1.29 is 4.42 Å². The Hall–Kier alpha value is -10.9. The number of nitrogens with zero attached hydrogens (tertiary/aromatic N) is 4. The van der Waals surface area contributed by atoms with Crippen LogP contribution in [0.25, 0.3) is 76.2 Å². The van der Waals surface area contributed by atoms with Gasteiger partial charge in [0, 0.05) is 45.7 Å². The summed E-state index contributed by atoms with van der Waals surface area (Å²) in [4.78, 5) is 10.0. The summed E-state index contributed by atoms with van der Waals surface area (Å²) in [6, 6.07) is 103. The van der Waals surface area contributed by atoms with Gasteiger partial charge in [-0.3, -0.25) is 0 Å². The molecule has 0 saturated heterocycles. The zero-order chi connectivity index (χ0) is 61.2. The molecule has 15 aromatic rings. The number of benzene rings is 14. The second-order valence-corrected chi connectivity index (χ2v) is 27.3. The molecule has 1 atom stereocenters. The van der Waals surface area contributed by atoms with Crippen molar-refractivity contribution in [3.8, 4) is 11.1 Å². The monoisotopic (exact) mass is 1170 g/mol. The average Bonchev–Trinajstić information content (AvgIpc) is 1.53. The van der Waals surface area contributed by atoms with E-state index in [4.69, 9.17) is 4.42 Å². The summed E-state index contributed by atoms with van der Waals surface area (Å²) in [5.74, 6) is 0. The van der Waals surface area contributed by atoms with E-state index >= 15 is 0 Å². The van der Waals surface area contributed by atoms with Crippen LogP contribution in [0.5, 0.6) is 0 Å². The molecule has 1 aromatic heterocycles. The number of furan rings is 1. The van der Waals surface area contributed by atoms with Crippen molar-refractivity contribution in [3.63, 3.8) is 0 Å².